The van der Waals surface area contributed by atoms with Crippen molar-refractivity contribution in [3.05, 3.63) is 44.6 Å². The molecule has 0 aliphatic carbocycles. The first kappa shape index (κ1) is 14.9. The van der Waals surface area contributed by atoms with Crippen LogP contribution in [0.15, 0.2) is 22.7 Å². The van der Waals surface area contributed by atoms with E-state index in [1.807, 2.05) is 0 Å². The Labute approximate surface area is 129 Å². The molecule has 7 heteroatoms. The molecule has 0 amide bonds. The molecule has 0 atom stereocenters. The second-order valence-corrected chi connectivity index (χ2v) is 5.50. The zero-order valence-corrected chi connectivity index (χ0v) is 13.2. The summed E-state index contributed by atoms with van der Waals surface area (Å²) in [4.78, 5) is 11.1. The Morgan fingerprint density at radius 2 is 2.25 bits per heavy atom. The lowest BCUT2D eigenvalue weighted by atomic mass is 10.2. The highest BCUT2D eigenvalue weighted by Gasteiger charge is 2.15. The van der Waals surface area contributed by atoms with Crippen LogP contribution in [0.4, 0.5) is 0 Å². The molecule has 2 rings (SSSR count). The van der Waals surface area contributed by atoms with Crippen molar-refractivity contribution in [2.75, 3.05) is 0 Å². The molecule has 0 saturated heterocycles. The molecule has 1 N–H and O–H groups in total. The third-order valence-electron chi connectivity index (χ3n) is 2.80. The summed E-state index contributed by atoms with van der Waals surface area (Å²) in [5, 5.41) is 13.8. The number of carboxylic acid groups (broad SMARTS) is 1. The van der Waals surface area contributed by atoms with Gasteiger partial charge in [0.2, 0.25) is 0 Å². The second kappa shape index (κ2) is 5.85. The highest BCUT2D eigenvalue weighted by Crippen LogP contribution is 2.26. The Bertz CT molecular complexity index is 670. The first-order valence-corrected chi connectivity index (χ1v) is 6.91. The van der Waals surface area contributed by atoms with Gasteiger partial charge in [-0.25, -0.2) is 4.79 Å². The molecular weight excluding hydrogens is 348 g/mol. The van der Waals surface area contributed by atoms with Gasteiger partial charge in [-0.15, -0.1) is 0 Å². The first-order valence-electron chi connectivity index (χ1n) is 5.73. The van der Waals surface area contributed by atoms with Crippen LogP contribution in [-0.2, 0) is 13.7 Å². The summed E-state index contributed by atoms with van der Waals surface area (Å²) in [6, 6.07) is 4.75. The van der Waals surface area contributed by atoms with Crippen molar-refractivity contribution in [3.63, 3.8) is 0 Å². The number of nitrogens with zero attached hydrogens (tertiary/aromatic N) is 2. The van der Waals surface area contributed by atoms with Crippen molar-refractivity contribution in [3.8, 4) is 5.75 Å². The van der Waals surface area contributed by atoms with E-state index in [0.717, 1.165) is 4.47 Å². The molecule has 0 spiro atoms. The Balaban J connectivity index is 2.27. The van der Waals surface area contributed by atoms with Crippen LogP contribution >= 0.6 is 27.5 Å². The maximum atomic E-state index is 11.1. The Morgan fingerprint density at radius 1 is 1.55 bits per heavy atom. The van der Waals surface area contributed by atoms with Crippen LogP contribution in [0.3, 0.4) is 0 Å². The standard InChI is InChI=1S/C13H12BrClN2O3/c1-7-12(15)10(17(2)16-7)6-20-11-5-8(14)3-4-9(11)13(18)19/h3-5H,6H2,1-2H3,(H,18,19). The zero-order valence-electron chi connectivity index (χ0n) is 10.9. The SMILES string of the molecule is Cc1nn(C)c(COc2cc(Br)ccc2C(=O)O)c1Cl. The Morgan fingerprint density at radius 3 is 2.80 bits per heavy atom. The van der Waals surface area contributed by atoms with Crippen molar-refractivity contribution in [2.45, 2.75) is 13.5 Å². The number of aromatic carboxylic acids is 1. The number of carbonyl (C=O) groups is 1. The van der Waals surface area contributed by atoms with Crippen LogP contribution < -0.4 is 4.74 Å². The predicted octanol–water partition coefficient (Wildman–Crippen LogP) is 3.42. The Hall–Kier alpha value is -1.53. The summed E-state index contributed by atoms with van der Waals surface area (Å²) in [6.07, 6.45) is 0. The van der Waals surface area contributed by atoms with Gasteiger partial charge in [-0.3, -0.25) is 4.68 Å². The van der Waals surface area contributed by atoms with Gasteiger partial charge in [0.1, 0.15) is 17.9 Å². The number of hydrogen-bond donors (Lipinski definition) is 1. The molecule has 20 heavy (non-hydrogen) atoms. The summed E-state index contributed by atoms with van der Waals surface area (Å²) in [7, 11) is 1.76. The third kappa shape index (κ3) is 2.96. The minimum absolute atomic E-state index is 0.100. The predicted molar refractivity (Wildman–Crippen MR) is 78.4 cm³/mol. The summed E-state index contributed by atoms with van der Waals surface area (Å²) in [5.74, 6) is -0.762. The molecular formula is C13H12BrClN2O3. The fourth-order valence-electron chi connectivity index (χ4n) is 1.78. The molecule has 0 aliphatic heterocycles. The lowest BCUT2D eigenvalue weighted by molar-refractivity contribution is 0.0691. The van der Waals surface area contributed by atoms with E-state index in [9.17, 15) is 4.79 Å². The molecule has 0 bridgehead atoms. The fourth-order valence-corrected chi connectivity index (χ4v) is 2.33. The van der Waals surface area contributed by atoms with Crippen LogP contribution in [0, 0.1) is 6.92 Å². The fraction of sp³-hybridized carbons (Fsp3) is 0.231. The molecule has 106 valence electrons. The number of hydrogen-bond acceptors (Lipinski definition) is 3. The van der Waals surface area contributed by atoms with Crippen molar-refractivity contribution >= 4 is 33.5 Å². The van der Waals surface area contributed by atoms with Crippen molar-refractivity contribution in [2.24, 2.45) is 7.05 Å². The summed E-state index contributed by atoms with van der Waals surface area (Å²) in [6.45, 7) is 1.94. The maximum absolute atomic E-state index is 11.1. The van der Waals surface area contributed by atoms with Crippen LogP contribution in [0.1, 0.15) is 21.7 Å². The van der Waals surface area contributed by atoms with Gasteiger partial charge in [-0.2, -0.15) is 5.10 Å². The quantitative estimate of drug-likeness (QED) is 0.908. The largest absolute Gasteiger partial charge is 0.486 e. The molecule has 0 unspecified atom stereocenters. The summed E-state index contributed by atoms with van der Waals surface area (Å²) < 4.78 is 7.95. The topological polar surface area (TPSA) is 64.4 Å². The minimum Gasteiger partial charge on any atom is -0.486 e. The van der Waals surface area contributed by atoms with Gasteiger partial charge in [0.15, 0.2) is 0 Å². The van der Waals surface area contributed by atoms with Gasteiger partial charge in [-0.05, 0) is 25.1 Å². The molecule has 2 aromatic rings. The number of rotatable bonds is 4. The molecule has 0 aliphatic rings. The van der Waals surface area contributed by atoms with E-state index in [1.165, 1.54) is 6.07 Å². The highest BCUT2D eigenvalue weighted by atomic mass is 79.9. The monoisotopic (exact) mass is 358 g/mol. The molecule has 1 aromatic heterocycles. The molecule has 0 radical (unpaired) electrons. The molecule has 1 aromatic carbocycles. The van der Waals surface area contributed by atoms with Gasteiger partial charge in [-0.1, -0.05) is 27.5 Å². The van der Waals surface area contributed by atoms with Crippen molar-refractivity contribution in [1.82, 2.24) is 9.78 Å². The molecule has 1 heterocycles. The van der Waals surface area contributed by atoms with Gasteiger partial charge < -0.3 is 9.84 Å². The number of carboxylic acids is 1. The van der Waals surface area contributed by atoms with Crippen molar-refractivity contribution in [1.29, 1.82) is 0 Å². The van der Waals surface area contributed by atoms with Gasteiger partial charge in [0, 0.05) is 11.5 Å². The average molecular weight is 360 g/mol. The smallest absolute Gasteiger partial charge is 0.339 e. The summed E-state index contributed by atoms with van der Waals surface area (Å²) in [5.41, 5.74) is 1.50. The maximum Gasteiger partial charge on any atom is 0.339 e. The van der Waals surface area contributed by atoms with E-state index >= 15 is 0 Å². The van der Waals surface area contributed by atoms with Crippen molar-refractivity contribution < 1.29 is 14.6 Å². The number of halogens is 2. The van der Waals surface area contributed by atoms with E-state index < -0.39 is 5.97 Å². The van der Waals surface area contributed by atoms with E-state index in [-0.39, 0.29) is 17.9 Å². The average Bonchev–Trinajstić information content (AvgIpc) is 2.61. The lowest BCUT2D eigenvalue weighted by Crippen LogP contribution is -2.07. The normalized spacial score (nSPS) is 10.6. The van der Waals surface area contributed by atoms with Crippen LogP contribution in [0.2, 0.25) is 5.02 Å². The number of ether oxygens (including phenoxy) is 1. The van der Waals surface area contributed by atoms with Crippen LogP contribution in [-0.4, -0.2) is 20.9 Å². The molecule has 0 saturated carbocycles. The van der Waals surface area contributed by atoms with E-state index in [2.05, 4.69) is 21.0 Å². The number of aromatic nitrogens is 2. The van der Waals surface area contributed by atoms with Crippen LogP contribution in [0.5, 0.6) is 5.75 Å². The van der Waals surface area contributed by atoms with Gasteiger partial charge in [0.05, 0.1) is 16.4 Å². The van der Waals surface area contributed by atoms with E-state index in [1.54, 1.807) is 30.8 Å². The third-order valence-corrected chi connectivity index (χ3v) is 3.78. The molecule has 0 fully saturated rings. The second-order valence-electron chi connectivity index (χ2n) is 4.20. The number of aryl methyl sites for hydroxylation is 2. The van der Waals surface area contributed by atoms with Gasteiger partial charge >= 0.3 is 5.97 Å². The molecule has 5 nitrogen and oxygen atoms in total. The van der Waals surface area contributed by atoms with Crippen LogP contribution in [0.25, 0.3) is 0 Å². The minimum atomic E-state index is -1.04. The lowest BCUT2D eigenvalue weighted by Gasteiger charge is -2.10. The first-order chi connectivity index (χ1) is 9.40. The highest BCUT2D eigenvalue weighted by molar-refractivity contribution is 9.10. The van der Waals surface area contributed by atoms with E-state index in [4.69, 9.17) is 21.4 Å². The van der Waals surface area contributed by atoms with Gasteiger partial charge in [0.25, 0.3) is 0 Å². The summed E-state index contributed by atoms with van der Waals surface area (Å²) >= 11 is 9.41. The number of benzene rings is 1. The van der Waals surface area contributed by atoms with E-state index in [0.29, 0.717) is 16.4 Å². The Kier molecular flexibility index (Phi) is 4.35. The zero-order chi connectivity index (χ0) is 14.9.